The first-order valence-corrected chi connectivity index (χ1v) is 22.8. The summed E-state index contributed by atoms with van der Waals surface area (Å²) in [6.07, 6.45) is 0. The molecular formula is C64H39NO. The van der Waals surface area contributed by atoms with E-state index in [1.165, 1.54) is 104 Å². The number of benzene rings is 12. The zero-order valence-electron chi connectivity index (χ0n) is 35.9. The van der Waals surface area contributed by atoms with Gasteiger partial charge < -0.3 is 8.98 Å². The van der Waals surface area contributed by atoms with Crippen molar-refractivity contribution in [1.29, 1.82) is 0 Å². The van der Waals surface area contributed by atoms with Crippen LogP contribution in [0.25, 0.3) is 137 Å². The normalized spacial score (nSPS) is 11.9. The molecule has 66 heavy (non-hydrogen) atoms. The molecule has 0 atom stereocenters. The van der Waals surface area contributed by atoms with Gasteiger partial charge in [-0.25, -0.2) is 0 Å². The molecule has 2 heteroatoms. The van der Waals surface area contributed by atoms with Crippen molar-refractivity contribution in [2.24, 2.45) is 0 Å². The van der Waals surface area contributed by atoms with Crippen LogP contribution >= 0.6 is 0 Å². The van der Waals surface area contributed by atoms with Gasteiger partial charge in [-0.1, -0.05) is 194 Å². The van der Waals surface area contributed by atoms with Crippen LogP contribution in [0.1, 0.15) is 0 Å². The van der Waals surface area contributed by atoms with Crippen LogP contribution in [0.4, 0.5) is 0 Å². The molecule has 2 aromatic heterocycles. The lowest BCUT2D eigenvalue weighted by Crippen LogP contribution is -1.95. The summed E-state index contributed by atoms with van der Waals surface area (Å²) in [5, 5.41) is 14.6. The minimum atomic E-state index is 0.878. The van der Waals surface area contributed by atoms with E-state index < -0.39 is 0 Å². The lowest BCUT2D eigenvalue weighted by molar-refractivity contribution is 0.669. The van der Waals surface area contributed by atoms with Crippen molar-refractivity contribution < 1.29 is 4.42 Å². The van der Waals surface area contributed by atoms with E-state index in [0.717, 1.165) is 33.2 Å². The molecule has 2 nitrogen and oxygen atoms in total. The maximum Gasteiger partial charge on any atom is 0.136 e. The average molecular weight is 838 g/mol. The highest BCUT2D eigenvalue weighted by atomic mass is 16.3. The molecule has 12 aromatic carbocycles. The standard InChI is InChI=1S/C64H39NO/c1-2-18-40(19-3-1)60-46-24-4-6-26-48(46)62(49-27-7-5-25-47(49)60)42-36-37-58-55(39-42)64-54(32-17-35-59(64)66-58)63-52-30-10-8-28-50(52)61(51-29-9-11-31-53(51)63)41-20-16-21-43(38-41)65-56-33-14-12-22-44(56)45-23-13-15-34-57(45)65/h1-39H. The van der Waals surface area contributed by atoms with E-state index >= 15 is 0 Å². The first-order valence-electron chi connectivity index (χ1n) is 22.8. The number of para-hydroxylation sites is 2. The van der Waals surface area contributed by atoms with Crippen molar-refractivity contribution in [1.82, 2.24) is 4.57 Å². The molecule has 0 saturated heterocycles. The Morgan fingerprint density at radius 1 is 0.258 bits per heavy atom. The van der Waals surface area contributed by atoms with E-state index in [9.17, 15) is 0 Å². The van der Waals surface area contributed by atoms with Crippen molar-refractivity contribution in [3.05, 3.63) is 237 Å². The number of hydrogen-bond donors (Lipinski definition) is 0. The number of nitrogens with zero attached hydrogens (tertiary/aromatic N) is 1. The molecule has 0 N–H and O–H groups in total. The van der Waals surface area contributed by atoms with Crippen molar-refractivity contribution >= 4 is 86.8 Å². The lowest BCUT2D eigenvalue weighted by Gasteiger charge is -2.19. The van der Waals surface area contributed by atoms with Crippen LogP contribution in [-0.4, -0.2) is 4.57 Å². The monoisotopic (exact) mass is 837 g/mol. The number of furan rings is 1. The molecule has 0 fully saturated rings. The quantitative estimate of drug-likeness (QED) is 0.158. The van der Waals surface area contributed by atoms with Gasteiger partial charge in [-0.3, -0.25) is 0 Å². The molecule has 0 aliphatic carbocycles. The van der Waals surface area contributed by atoms with E-state index in [4.69, 9.17) is 4.42 Å². The van der Waals surface area contributed by atoms with Crippen LogP contribution < -0.4 is 0 Å². The first-order chi connectivity index (χ1) is 32.8. The second-order valence-electron chi connectivity index (χ2n) is 17.5. The third-order valence-electron chi connectivity index (χ3n) is 14.0. The average Bonchev–Trinajstić information content (AvgIpc) is 3.93. The highest BCUT2D eigenvalue weighted by molar-refractivity contribution is 6.27. The van der Waals surface area contributed by atoms with Crippen LogP contribution in [0.2, 0.25) is 0 Å². The van der Waals surface area contributed by atoms with E-state index in [1.54, 1.807) is 0 Å². The molecule has 14 aromatic rings. The van der Waals surface area contributed by atoms with Crippen LogP contribution in [0, 0.1) is 0 Å². The topological polar surface area (TPSA) is 18.1 Å². The zero-order valence-corrected chi connectivity index (χ0v) is 35.9. The Bertz CT molecular complexity index is 4120. The molecule has 0 radical (unpaired) electrons. The fourth-order valence-corrected chi connectivity index (χ4v) is 11.3. The van der Waals surface area contributed by atoms with Gasteiger partial charge in [0.25, 0.3) is 0 Å². The van der Waals surface area contributed by atoms with Crippen LogP contribution in [0.15, 0.2) is 241 Å². The number of hydrogen-bond acceptors (Lipinski definition) is 1. The van der Waals surface area contributed by atoms with E-state index in [0.29, 0.717) is 0 Å². The minimum absolute atomic E-state index is 0.878. The van der Waals surface area contributed by atoms with Crippen LogP contribution in [-0.2, 0) is 0 Å². The smallest absolute Gasteiger partial charge is 0.136 e. The van der Waals surface area contributed by atoms with Gasteiger partial charge in [0.2, 0.25) is 0 Å². The predicted octanol–water partition coefficient (Wildman–Crippen LogP) is 18.0. The summed E-state index contributed by atoms with van der Waals surface area (Å²) in [7, 11) is 0. The van der Waals surface area contributed by atoms with Crippen molar-refractivity contribution in [2.45, 2.75) is 0 Å². The second kappa shape index (κ2) is 14.4. The molecule has 0 aliphatic rings. The van der Waals surface area contributed by atoms with E-state index in [1.807, 2.05) is 0 Å². The lowest BCUT2D eigenvalue weighted by atomic mass is 9.84. The van der Waals surface area contributed by atoms with Gasteiger partial charge in [0, 0.05) is 27.2 Å². The summed E-state index contributed by atoms with van der Waals surface area (Å²) in [4.78, 5) is 0. The molecule has 0 amide bonds. The third-order valence-corrected chi connectivity index (χ3v) is 14.0. The van der Waals surface area contributed by atoms with Gasteiger partial charge in [-0.15, -0.1) is 0 Å². The largest absolute Gasteiger partial charge is 0.456 e. The van der Waals surface area contributed by atoms with Crippen LogP contribution in [0.5, 0.6) is 0 Å². The molecular weight excluding hydrogens is 799 g/mol. The molecule has 0 saturated carbocycles. The fraction of sp³-hybridized carbons (Fsp3) is 0. The fourth-order valence-electron chi connectivity index (χ4n) is 11.3. The Morgan fingerprint density at radius 3 is 1.23 bits per heavy atom. The highest BCUT2D eigenvalue weighted by Crippen LogP contribution is 2.49. The minimum Gasteiger partial charge on any atom is -0.456 e. The Labute approximate surface area is 380 Å². The summed E-state index contributed by atoms with van der Waals surface area (Å²) in [5.74, 6) is 0. The maximum atomic E-state index is 6.78. The van der Waals surface area contributed by atoms with Crippen molar-refractivity contribution in [3.8, 4) is 50.2 Å². The SMILES string of the molecule is c1ccc(-c2c3ccccc3c(-c3ccc4oc5cccc(-c6c7ccccc7c(-c7cccc(-n8c9ccccc9c9ccccc98)c7)c7ccccc67)c5c4c3)c3ccccc23)cc1. The first kappa shape index (κ1) is 36.7. The van der Waals surface area contributed by atoms with Gasteiger partial charge in [-0.05, 0) is 130 Å². The van der Waals surface area contributed by atoms with E-state index in [-0.39, 0.29) is 0 Å². The van der Waals surface area contributed by atoms with Crippen molar-refractivity contribution in [2.75, 3.05) is 0 Å². The van der Waals surface area contributed by atoms with Crippen molar-refractivity contribution in [3.63, 3.8) is 0 Å². The Morgan fingerprint density at radius 2 is 0.682 bits per heavy atom. The number of aromatic nitrogens is 1. The molecule has 2 heterocycles. The van der Waals surface area contributed by atoms with Crippen LogP contribution in [0.3, 0.4) is 0 Å². The number of fused-ring (bicyclic) bond motifs is 10. The summed E-state index contributed by atoms with van der Waals surface area (Å²) >= 11 is 0. The van der Waals surface area contributed by atoms with Gasteiger partial charge in [-0.2, -0.15) is 0 Å². The Kier molecular flexibility index (Phi) is 8.02. The van der Waals surface area contributed by atoms with Gasteiger partial charge in [0.15, 0.2) is 0 Å². The maximum absolute atomic E-state index is 6.78. The summed E-state index contributed by atoms with van der Waals surface area (Å²) in [5.41, 5.74) is 15.0. The second-order valence-corrected chi connectivity index (χ2v) is 17.5. The molecule has 0 unspecified atom stereocenters. The third kappa shape index (κ3) is 5.36. The summed E-state index contributed by atoms with van der Waals surface area (Å²) < 4.78 is 9.19. The summed E-state index contributed by atoms with van der Waals surface area (Å²) in [6.45, 7) is 0. The highest BCUT2D eigenvalue weighted by Gasteiger charge is 2.23. The summed E-state index contributed by atoms with van der Waals surface area (Å²) in [6, 6.07) is 86.4. The predicted molar refractivity (Wildman–Crippen MR) is 280 cm³/mol. The van der Waals surface area contributed by atoms with Gasteiger partial charge >= 0.3 is 0 Å². The molecule has 14 rings (SSSR count). The molecule has 0 spiro atoms. The van der Waals surface area contributed by atoms with Gasteiger partial charge in [0.05, 0.1) is 11.0 Å². The van der Waals surface area contributed by atoms with E-state index in [2.05, 4.69) is 241 Å². The Hall–Kier alpha value is -8.72. The van der Waals surface area contributed by atoms with Gasteiger partial charge in [0.1, 0.15) is 11.2 Å². The number of rotatable bonds is 5. The zero-order chi connectivity index (χ0) is 43.3. The molecule has 306 valence electrons. The molecule has 0 aliphatic heterocycles. The molecule has 0 bridgehead atoms. The Balaban J connectivity index is 1.01.